The molecule has 0 aliphatic carbocycles. The van der Waals surface area contributed by atoms with E-state index in [9.17, 15) is 31.5 Å². The highest BCUT2D eigenvalue weighted by Gasteiger charge is 2.35. The highest BCUT2D eigenvalue weighted by molar-refractivity contribution is 7.88. The summed E-state index contributed by atoms with van der Waals surface area (Å²) in [5.41, 5.74) is 1.35. The molecule has 1 fully saturated rings. The number of hydrogen-bond acceptors (Lipinski definition) is 6. The SMILES string of the molecule is CS(=O)(=O)N1CCc2c(c(-c3ccc(C(F)(F)F)c(CNC(=O)c4ccc5ccccc5c4)c3)nn2CC(O)CN2CCCC2)C1. The van der Waals surface area contributed by atoms with E-state index >= 15 is 0 Å². The third kappa shape index (κ3) is 6.97. The van der Waals surface area contributed by atoms with Crippen molar-refractivity contribution in [1.82, 2.24) is 24.3 Å². The molecule has 6 rings (SSSR count). The van der Waals surface area contributed by atoms with Gasteiger partial charge in [-0.2, -0.15) is 22.6 Å². The minimum absolute atomic E-state index is 0.0147. The number of carbonyl (C=O) groups excluding carboxylic acids is 1. The number of sulfonamides is 1. The summed E-state index contributed by atoms with van der Waals surface area (Å²) in [6.07, 6.45) is -1.77. The van der Waals surface area contributed by atoms with Crippen LogP contribution in [0.4, 0.5) is 13.2 Å². The number of rotatable bonds is 9. The number of nitrogens with zero attached hydrogens (tertiary/aromatic N) is 4. The number of halogens is 3. The summed E-state index contributed by atoms with van der Waals surface area (Å²) in [7, 11) is -3.55. The molecule has 1 atom stereocenters. The van der Waals surface area contributed by atoms with Crippen LogP contribution in [0.5, 0.6) is 0 Å². The fourth-order valence-electron chi connectivity index (χ4n) is 6.42. The van der Waals surface area contributed by atoms with Crippen molar-refractivity contribution in [1.29, 1.82) is 0 Å². The van der Waals surface area contributed by atoms with Crippen molar-refractivity contribution in [2.75, 3.05) is 32.4 Å². The molecule has 1 unspecified atom stereocenters. The molecule has 9 nitrogen and oxygen atoms in total. The van der Waals surface area contributed by atoms with Crippen LogP contribution >= 0.6 is 0 Å². The number of alkyl halides is 3. The average Bonchev–Trinajstić information content (AvgIpc) is 3.66. The van der Waals surface area contributed by atoms with Crippen LogP contribution in [0.25, 0.3) is 22.0 Å². The predicted octanol–water partition coefficient (Wildman–Crippen LogP) is 4.43. The zero-order chi connectivity index (χ0) is 32.6. The Morgan fingerprint density at radius 2 is 1.74 bits per heavy atom. The van der Waals surface area contributed by atoms with E-state index in [1.165, 1.54) is 16.4 Å². The summed E-state index contributed by atoms with van der Waals surface area (Å²) >= 11 is 0. The first-order valence-corrected chi connectivity index (χ1v) is 17.1. The Hall–Kier alpha value is -3.78. The second kappa shape index (κ2) is 12.8. The van der Waals surface area contributed by atoms with Crippen LogP contribution in [0.3, 0.4) is 0 Å². The molecule has 2 aliphatic heterocycles. The van der Waals surface area contributed by atoms with Gasteiger partial charge in [0.15, 0.2) is 0 Å². The molecule has 4 aromatic rings. The van der Waals surface area contributed by atoms with E-state index in [2.05, 4.69) is 10.2 Å². The van der Waals surface area contributed by atoms with E-state index in [4.69, 9.17) is 5.10 Å². The molecule has 0 saturated carbocycles. The molecule has 0 radical (unpaired) electrons. The van der Waals surface area contributed by atoms with E-state index < -0.39 is 33.8 Å². The summed E-state index contributed by atoms with van der Waals surface area (Å²) in [6.45, 7) is 2.33. The predicted molar refractivity (Wildman–Crippen MR) is 168 cm³/mol. The Balaban J connectivity index is 1.32. The first-order chi connectivity index (χ1) is 21.9. The zero-order valence-corrected chi connectivity index (χ0v) is 26.2. The molecule has 1 saturated heterocycles. The highest BCUT2D eigenvalue weighted by atomic mass is 32.2. The molecule has 1 aromatic heterocycles. The van der Waals surface area contributed by atoms with Gasteiger partial charge in [-0.05, 0) is 66.5 Å². The summed E-state index contributed by atoms with van der Waals surface area (Å²) < 4.78 is 70.3. The lowest BCUT2D eigenvalue weighted by atomic mass is 9.97. The van der Waals surface area contributed by atoms with Crippen LogP contribution in [0.2, 0.25) is 0 Å². The van der Waals surface area contributed by atoms with Gasteiger partial charge in [-0.3, -0.25) is 9.48 Å². The van der Waals surface area contributed by atoms with Crippen LogP contribution in [0, 0.1) is 0 Å². The summed E-state index contributed by atoms with van der Waals surface area (Å²) in [5.74, 6) is -0.512. The Labute approximate surface area is 265 Å². The van der Waals surface area contributed by atoms with Crippen LogP contribution in [0.15, 0.2) is 60.7 Å². The molecule has 0 spiro atoms. The fraction of sp³-hybridized carbons (Fsp3) is 0.394. The number of aromatic nitrogens is 2. The summed E-state index contributed by atoms with van der Waals surface area (Å²) in [4.78, 5) is 15.2. The molecular formula is C33H36F3N5O4S. The first-order valence-electron chi connectivity index (χ1n) is 15.3. The van der Waals surface area contributed by atoms with E-state index in [0.29, 0.717) is 35.3 Å². The number of likely N-dealkylation sites (tertiary alicyclic amines) is 1. The van der Waals surface area contributed by atoms with Crippen molar-refractivity contribution < 1.29 is 31.5 Å². The topological polar surface area (TPSA) is 108 Å². The van der Waals surface area contributed by atoms with Crippen molar-refractivity contribution in [3.63, 3.8) is 0 Å². The van der Waals surface area contributed by atoms with Gasteiger partial charge in [-0.1, -0.05) is 36.4 Å². The Bertz CT molecular complexity index is 1870. The third-order valence-electron chi connectivity index (χ3n) is 8.75. The van der Waals surface area contributed by atoms with E-state index in [-0.39, 0.29) is 31.7 Å². The largest absolute Gasteiger partial charge is 0.416 e. The van der Waals surface area contributed by atoms with Crippen molar-refractivity contribution >= 4 is 26.7 Å². The third-order valence-corrected chi connectivity index (χ3v) is 10.0. The minimum atomic E-state index is -4.67. The maximum absolute atomic E-state index is 14.1. The Kier molecular flexibility index (Phi) is 8.94. The lowest BCUT2D eigenvalue weighted by Gasteiger charge is -2.26. The number of amides is 1. The number of hydrogen-bond donors (Lipinski definition) is 2. The van der Waals surface area contributed by atoms with Gasteiger partial charge in [0.25, 0.3) is 5.91 Å². The van der Waals surface area contributed by atoms with Crippen LogP contribution in [-0.4, -0.2) is 77.0 Å². The van der Waals surface area contributed by atoms with Crippen molar-refractivity contribution in [3.05, 3.63) is 88.6 Å². The van der Waals surface area contributed by atoms with Crippen LogP contribution in [0.1, 0.15) is 45.6 Å². The molecule has 1 amide bonds. The van der Waals surface area contributed by atoms with Gasteiger partial charge in [0, 0.05) is 55.0 Å². The number of fused-ring (bicyclic) bond motifs is 2. The standard InChI is InChI=1S/C33H36F3N5O4S/c1-46(44,45)40-15-12-30-28(21-40)31(38-41(30)20-27(42)19-39-13-4-5-14-39)24-10-11-29(33(34,35)36)26(17-24)18-37-32(43)25-9-8-22-6-2-3-7-23(22)16-25/h2-3,6-11,16-17,27,42H,4-5,12-15,18-21H2,1H3,(H,37,43). The number of carbonyl (C=O) groups is 1. The summed E-state index contributed by atoms with van der Waals surface area (Å²) in [5, 5.41) is 20.1. The van der Waals surface area contributed by atoms with Crippen molar-refractivity contribution in [3.8, 4) is 11.3 Å². The second-order valence-corrected chi connectivity index (χ2v) is 14.1. The van der Waals surface area contributed by atoms with Gasteiger partial charge in [-0.25, -0.2) is 8.42 Å². The summed E-state index contributed by atoms with van der Waals surface area (Å²) in [6, 6.07) is 16.2. The fourth-order valence-corrected chi connectivity index (χ4v) is 7.21. The van der Waals surface area contributed by atoms with E-state index in [1.54, 1.807) is 22.9 Å². The maximum atomic E-state index is 14.1. The smallest absolute Gasteiger partial charge is 0.390 e. The average molecular weight is 656 g/mol. The molecule has 0 bridgehead atoms. The van der Waals surface area contributed by atoms with E-state index in [0.717, 1.165) is 54.7 Å². The number of β-amino-alcohol motifs (C(OH)–C–C–N with tert-alkyl or cyclic N) is 1. The molecule has 3 heterocycles. The molecule has 46 heavy (non-hydrogen) atoms. The molecule has 2 N–H and O–H groups in total. The Morgan fingerprint density at radius 1 is 1.00 bits per heavy atom. The number of aliphatic hydroxyl groups excluding tert-OH is 1. The maximum Gasteiger partial charge on any atom is 0.416 e. The van der Waals surface area contributed by atoms with Crippen LogP contribution in [-0.2, 0) is 42.3 Å². The van der Waals surface area contributed by atoms with Crippen molar-refractivity contribution in [2.45, 2.75) is 51.2 Å². The number of aliphatic hydroxyl groups is 1. The lowest BCUT2D eigenvalue weighted by molar-refractivity contribution is -0.138. The molecule has 3 aromatic carbocycles. The zero-order valence-electron chi connectivity index (χ0n) is 25.4. The first kappa shape index (κ1) is 32.2. The van der Waals surface area contributed by atoms with Gasteiger partial charge in [-0.15, -0.1) is 0 Å². The minimum Gasteiger partial charge on any atom is -0.390 e. The number of benzene rings is 3. The van der Waals surface area contributed by atoms with Gasteiger partial charge in [0.2, 0.25) is 10.0 Å². The van der Waals surface area contributed by atoms with Gasteiger partial charge < -0.3 is 15.3 Å². The molecule has 244 valence electrons. The quantitative estimate of drug-likeness (QED) is 0.277. The monoisotopic (exact) mass is 655 g/mol. The molecule has 13 heteroatoms. The van der Waals surface area contributed by atoms with Crippen LogP contribution < -0.4 is 5.32 Å². The molecule has 2 aliphatic rings. The Morgan fingerprint density at radius 3 is 2.46 bits per heavy atom. The van der Waals surface area contributed by atoms with Crippen molar-refractivity contribution in [2.24, 2.45) is 0 Å². The second-order valence-electron chi connectivity index (χ2n) is 12.1. The van der Waals surface area contributed by atoms with E-state index in [1.807, 2.05) is 24.3 Å². The normalized spacial score (nSPS) is 16.9. The van der Waals surface area contributed by atoms with Gasteiger partial charge in [0.1, 0.15) is 0 Å². The number of nitrogens with one attached hydrogen (secondary N) is 1. The van der Waals surface area contributed by atoms with Gasteiger partial charge in [0.05, 0.1) is 30.2 Å². The highest BCUT2D eigenvalue weighted by Crippen LogP contribution is 2.37. The molecular weight excluding hydrogens is 619 g/mol. The lowest BCUT2D eigenvalue weighted by Crippen LogP contribution is -2.37. The van der Waals surface area contributed by atoms with Gasteiger partial charge >= 0.3 is 6.18 Å².